The fourth-order valence-corrected chi connectivity index (χ4v) is 12.2. The predicted molar refractivity (Wildman–Crippen MR) is 279 cm³/mol. The Morgan fingerprint density at radius 2 is 0.946 bits per heavy atom. The van der Waals surface area contributed by atoms with E-state index in [4.69, 9.17) is 18.9 Å². The van der Waals surface area contributed by atoms with E-state index in [-0.39, 0.29) is 12.5 Å². The van der Waals surface area contributed by atoms with Gasteiger partial charge in [-0.05, 0) is 74.8 Å². The van der Waals surface area contributed by atoms with Gasteiger partial charge in [-0.15, -0.1) is 0 Å². The minimum atomic E-state index is -1.07. The van der Waals surface area contributed by atoms with E-state index in [1.807, 2.05) is 127 Å². The molecule has 0 saturated heterocycles. The highest BCUT2D eigenvalue weighted by molar-refractivity contribution is 5.95. The Morgan fingerprint density at radius 1 is 0.446 bits per heavy atom. The SMILES string of the molecule is COc1ccccc1[C@H]1[C@@H](C(=O)O)[C@H](c2ccc(C#Cc3cccc4c(OC(=O)C5[C@@H](c6ccccc6)C(C(=O)O)[C@@H]5c5ccccc5)cccc34)cc2OC)[C@@H]1C(=O)OCC1c2ccccc2-c2ccccc21. The fraction of sp³-hybridized carbons (Fsp3) is 0.188. The van der Waals surface area contributed by atoms with Gasteiger partial charge in [0.25, 0.3) is 0 Å². The van der Waals surface area contributed by atoms with E-state index in [0.29, 0.717) is 44.9 Å². The van der Waals surface area contributed by atoms with Crippen LogP contribution in [0.1, 0.15) is 74.1 Å². The number of carbonyl (C=O) groups excluding carboxylic acids is 2. The average molecular weight is 979 g/mol. The number of benzene rings is 8. The standard InChI is InChI=1S/C64H50O10/c1-71-50-29-14-13-26-47(50)55-58(62(67)68)56(60(55)63(69)73-36-49-44-24-11-9-22-42(44)43-23-10-12-25-45(43)49)48-34-32-37(35-52(48)72-2)31-33-38-21-15-28-46-41(38)27-16-30-51(46)74-64(70)59-53(39-17-5-3-6-18-39)57(61(65)66)54(59)40-19-7-4-8-20-40/h3-30,32,34-35,49,53-60H,36H2,1-2H3,(H,65,66)(H,67,68)/t53-,54-,55-,56-,57?,58+,59?,60+/m0/s1. The second-order valence-electron chi connectivity index (χ2n) is 19.1. The molecule has 2 fully saturated rings. The average Bonchev–Trinajstić information content (AvgIpc) is 3.73. The van der Waals surface area contributed by atoms with Gasteiger partial charge in [0.2, 0.25) is 0 Å². The van der Waals surface area contributed by atoms with E-state index in [2.05, 4.69) is 36.1 Å². The van der Waals surface area contributed by atoms with Gasteiger partial charge in [0.05, 0.1) is 37.9 Å². The summed E-state index contributed by atoms with van der Waals surface area (Å²) >= 11 is 0. The van der Waals surface area contributed by atoms with Gasteiger partial charge in [-0.2, -0.15) is 0 Å². The van der Waals surface area contributed by atoms with Crippen LogP contribution in [0, 0.1) is 35.5 Å². The van der Waals surface area contributed by atoms with Crippen molar-refractivity contribution < 1.29 is 48.3 Å². The monoisotopic (exact) mass is 978 g/mol. The topological polar surface area (TPSA) is 146 Å². The van der Waals surface area contributed by atoms with E-state index in [9.17, 15) is 29.4 Å². The van der Waals surface area contributed by atoms with Crippen molar-refractivity contribution in [1.29, 1.82) is 0 Å². The summed E-state index contributed by atoms with van der Waals surface area (Å²) < 4.78 is 24.3. The van der Waals surface area contributed by atoms with E-state index in [1.54, 1.807) is 36.4 Å². The van der Waals surface area contributed by atoms with Crippen LogP contribution in [-0.4, -0.2) is 54.9 Å². The Hall–Kier alpha value is -8.94. The maximum absolute atomic E-state index is 14.7. The number of carboxylic acids is 2. The summed E-state index contributed by atoms with van der Waals surface area (Å²) in [6, 6.07) is 58.2. The minimum absolute atomic E-state index is 0.0768. The van der Waals surface area contributed by atoms with Gasteiger partial charge >= 0.3 is 23.9 Å². The van der Waals surface area contributed by atoms with Crippen molar-refractivity contribution in [3.05, 3.63) is 233 Å². The molecular formula is C64H50O10. The zero-order chi connectivity index (χ0) is 51.0. The molecule has 8 aromatic rings. The van der Waals surface area contributed by atoms with Crippen LogP contribution in [0.15, 0.2) is 188 Å². The number of esters is 2. The highest BCUT2D eigenvalue weighted by atomic mass is 16.5. The van der Waals surface area contributed by atoms with Crippen LogP contribution in [-0.2, 0) is 23.9 Å². The molecule has 0 heterocycles. The van der Waals surface area contributed by atoms with Crippen LogP contribution < -0.4 is 14.2 Å². The second-order valence-corrected chi connectivity index (χ2v) is 19.1. The quantitative estimate of drug-likeness (QED) is 0.0650. The Kier molecular flexibility index (Phi) is 12.8. The fourth-order valence-electron chi connectivity index (χ4n) is 12.2. The van der Waals surface area contributed by atoms with Crippen molar-refractivity contribution in [1.82, 2.24) is 0 Å². The molecule has 0 radical (unpaired) electrons. The molecule has 74 heavy (non-hydrogen) atoms. The minimum Gasteiger partial charge on any atom is -0.496 e. The Labute approximate surface area is 428 Å². The molecule has 0 aliphatic heterocycles. The number of hydrogen-bond donors (Lipinski definition) is 2. The molecule has 2 saturated carbocycles. The van der Waals surface area contributed by atoms with Crippen LogP contribution in [0.3, 0.4) is 0 Å². The molecule has 0 unspecified atom stereocenters. The van der Waals surface area contributed by atoms with Crippen molar-refractivity contribution in [2.75, 3.05) is 20.8 Å². The van der Waals surface area contributed by atoms with Crippen molar-refractivity contribution in [3.8, 4) is 40.2 Å². The van der Waals surface area contributed by atoms with E-state index in [1.165, 1.54) is 14.2 Å². The Bertz CT molecular complexity index is 3450. The van der Waals surface area contributed by atoms with Crippen LogP contribution in [0.25, 0.3) is 21.9 Å². The number of para-hydroxylation sites is 1. The summed E-state index contributed by atoms with van der Waals surface area (Å²) in [4.78, 5) is 55.4. The summed E-state index contributed by atoms with van der Waals surface area (Å²) in [6.07, 6.45) is 0. The van der Waals surface area contributed by atoms with Gasteiger partial charge < -0.3 is 29.2 Å². The molecule has 2 N–H and O–H groups in total. The maximum atomic E-state index is 14.7. The third kappa shape index (κ3) is 8.30. The van der Waals surface area contributed by atoms with Crippen molar-refractivity contribution in [2.24, 2.45) is 23.7 Å². The van der Waals surface area contributed by atoms with Crippen molar-refractivity contribution in [3.63, 3.8) is 0 Å². The maximum Gasteiger partial charge on any atom is 0.315 e. The Balaban J connectivity index is 0.888. The summed E-state index contributed by atoms with van der Waals surface area (Å²) in [5, 5.41) is 22.8. The zero-order valence-electron chi connectivity index (χ0n) is 40.5. The third-order valence-electron chi connectivity index (χ3n) is 15.5. The Morgan fingerprint density at radius 3 is 1.55 bits per heavy atom. The van der Waals surface area contributed by atoms with Crippen LogP contribution in [0.5, 0.6) is 17.2 Å². The molecule has 6 atom stereocenters. The highest BCUT2D eigenvalue weighted by Gasteiger charge is 2.61. The molecule has 10 nitrogen and oxygen atoms in total. The summed E-state index contributed by atoms with van der Waals surface area (Å²) in [6.45, 7) is 0.0768. The molecule has 11 rings (SSSR count). The number of carbonyl (C=O) groups is 4. The number of methoxy groups -OCH3 is 2. The van der Waals surface area contributed by atoms with Gasteiger partial charge in [0.15, 0.2) is 0 Å². The van der Waals surface area contributed by atoms with Crippen LogP contribution in [0.4, 0.5) is 0 Å². The first kappa shape index (κ1) is 47.4. The van der Waals surface area contributed by atoms with E-state index < -0.39 is 71.2 Å². The summed E-state index contributed by atoms with van der Waals surface area (Å²) in [5.74, 6) is -1.84. The van der Waals surface area contributed by atoms with E-state index in [0.717, 1.165) is 38.8 Å². The smallest absolute Gasteiger partial charge is 0.315 e. The largest absolute Gasteiger partial charge is 0.496 e. The van der Waals surface area contributed by atoms with Gasteiger partial charge in [0, 0.05) is 51.5 Å². The normalized spacial score (nSPS) is 21.3. The summed E-state index contributed by atoms with van der Waals surface area (Å²) in [7, 11) is 3.03. The molecule has 8 aromatic carbocycles. The number of carboxylic acid groups (broad SMARTS) is 2. The number of fused-ring (bicyclic) bond motifs is 4. The molecular weight excluding hydrogens is 929 g/mol. The predicted octanol–water partition coefficient (Wildman–Crippen LogP) is 11.6. The van der Waals surface area contributed by atoms with Crippen molar-refractivity contribution in [2.45, 2.75) is 29.6 Å². The lowest BCUT2D eigenvalue weighted by atomic mass is 9.52. The van der Waals surface area contributed by atoms with Crippen LogP contribution in [0.2, 0.25) is 0 Å². The molecule has 3 aliphatic carbocycles. The molecule has 0 bridgehead atoms. The lowest BCUT2D eigenvalue weighted by Crippen LogP contribution is -2.52. The molecule has 10 heteroatoms. The van der Waals surface area contributed by atoms with Crippen LogP contribution >= 0.6 is 0 Å². The number of hydrogen-bond acceptors (Lipinski definition) is 8. The van der Waals surface area contributed by atoms with Gasteiger partial charge in [-0.1, -0.05) is 170 Å². The third-order valence-corrected chi connectivity index (χ3v) is 15.5. The zero-order valence-corrected chi connectivity index (χ0v) is 40.5. The van der Waals surface area contributed by atoms with Gasteiger partial charge in [-0.3, -0.25) is 19.2 Å². The molecule has 0 spiro atoms. The lowest BCUT2D eigenvalue weighted by molar-refractivity contribution is -0.165. The van der Waals surface area contributed by atoms with Gasteiger partial charge in [-0.25, -0.2) is 0 Å². The summed E-state index contributed by atoms with van der Waals surface area (Å²) in [5.41, 5.74) is 8.22. The lowest BCUT2D eigenvalue weighted by Gasteiger charge is -2.49. The highest BCUT2D eigenvalue weighted by Crippen LogP contribution is 2.61. The van der Waals surface area contributed by atoms with Crippen molar-refractivity contribution >= 4 is 34.6 Å². The second kappa shape index (κ2) is 19.9. The molecule has 0 amide bonds. The number of ether oxygens (including phenoxy) is 4. The van der Waals surface area contributed by atoms with E-state index >= 15 is 0 Å². The van der Waals surface area contributed by atoms with Gasteiger partial charge in [0.1, 0.15) is 23.9 Å². The molecule has 3 aliphatic rings. The first-order chi connectivity index (χ1) is 36.2. The first-order valence-electron chi connectivity index (χ1n) is 24.6. The molecule has 0 aromatic heterocycles. The molecule has 366 valence electrons. The number of aliphatic carboxylic acids is 2. The number of rotatable bonds is 13. The first-order valence-corrected chi connectivity index (χ1v) is 24.6.